The zero-order chi connectivity index (χ0) is 29.6. The van der Waals surface area contributed by atoms with Gasteiger partial charge in [-0.3, -0.25) is 0 Å². The lowest BCUT2D eigenvalue weighted by molar-refractivity contribution is -0.128. The van der Waals surface area contributed by atoms with Crippen LogP contribution >= 0.6 is 0 Å². The summed E-state index contributed by atoms with van der Waals surface area (Å²) in [6, 6.07) is 20.3. The second kappa shape index (κ2) is 16.2. The van der Waals surface area contributed by atoms with Crippen LogP contribution in [-0.2, 0) is 9.53 Å². The van der Waals surface area contributed by atoms with Crippen molar-refractivity contribution in [2.45, 2.75) is 70.1 Å². The van der Waals surface area contributed by atoms with Crippen molar-refractivity contribution in [1.29, 1.82) is 0 Å². The number of nitrogen functional groups attached to an aromatic ring is 2. The maximum absolute atomic E-state index is 12.3. The van der Waals surface area contributed by atoms with Crippen LogP contribution < -0.4 is 20.9 Å². The molecule has 1 saturated carbocycles. The Balaban J connectivity index is 1.05. The van der Waals surface area contributed by atoms with Gasteiger partial charge in [-0.25, -0.2) is 9.59 Å². The van der Waals surface area contributed by atoms with E-state index in [1.165, 1.54) is 43.7 Å². The van der Waals surface area contributed by atoms with E-state index in [-0.39, 0.29) is 0 Å². The van der Waals surface area contributed by atoms with Crippen molar-refractivity contribution in [3.63, 3.8) is 0 Å². The van der Waals surface area contributed by atoms with Crippen molar-refractivity contribution in [3.8, 4) is 11.5 Å². The summed E-state index contributed by atoms with van der Waals surface area (Å²) in [5.74, 6) is 1.19. The monoisotopic (exact) mass is 570 g/mol. The van der Waals surface area contributed by atoms with Crippen LogP contribution in [-0.4, -0.2) is 25.2 Å². The topological polar surface area (TPSA) is 114 Å². The van der Waals surface area contributed by atoms with Gasteiger partial charge in [-0.2, -0.15) is 0 Å². The molecular weight excluding hydrogens is 528 g/mol. The molecule has 1 fully saturated rings. The first kappa shape index (κ1) is 30.7. The summed E-state index contributed by atoms with van der Waals surface area (Å²) in [7, 11) is 0. The summed E-state index contributed by atoms with van der Waals surface area (Å²) in [5, 5.41) is 0. The number of benzene rings is 3. The first-order chi connectivity index (χ1) is 20.5. The van der Waals surface area contributed by atoms with Gasteiger partial charge in [0.05, 0.1) is 18.8 Å². The number of nitrogens with two attached hydrogens (primary N) is 2. The Morgan fingerprint density at radius 2 is 1.36 bits per heavy atom. The standard InChI is InChI=1S/C35H42N2O5/c36-30-23-29(24-31(37)25-30)35(39)41-22-8-3-1-2-7-21-40-32-16-11-26(12-17-32)13-20-34(38)42-33-18-14-28(15-19-33)27-9-5-4-6-10-27/h11-20,23-25,27H,1-10,21-22,36-37H2/b20-13+. The van der Waals surface area contributed by atoms with Gasteiger partial charge in [0.1, 0.15) is 11.5 Å². The van der Waals surface area contributed by atoms with Gasteiger partial charge in [-0.15, -0.1) is 0 Å². The van der Waals surface area contributed by atoms with Crippen LogP contribution in [0.2, 0.25) is 0 Å². The Bertz CT molecular complexity index is 1290. The number of ether oxygens (including phenoxy) is 3. The fourth-order valence-electron chi connectivity index (χ4n) is 5.20. The van der Waals surface area contributed by atoms with Crippen LogP contribution in [0.25, 0.3) is 6.08 Å². The van der Waals surface area contributed by atoms with Crippen molar-refractivity contribution >= 4 is 29.4 Å². The van der Waals surface area contributed by atoms with Crippen molar-refractivity contribution in [2.24, 2.45) is 0 Å². The van der Waals surface area contributed by atoms with Crippen molar-refractivity contribution in [2.75, 3.05) is 24.7 Å². The molecule has 0 aliphatic heterocycles. The van der Waals surface area contributed by atoms with E-state index in [4.69, 9.17) is 25.7 Å². The Morgan fingerprint density at radius 1 is 0.738 bits per heavy atom. The van der Waals surface area contributed by atoms with Crippen LogP contribution in [0, 0.1) is 0 Å². The summed E-state index contributed by atoms with van der Waals surface area (Å²) < 4.78 is 16.6. The van der Waals surface area contributed by atoms with E-state index < -0.39 is 11.9 Å². The molecule has 3 aromatic carbocycles. The molecule has 0 saturated heterocycles. The van der Waals surface area contributed by atoms with E-state index in [0.29, 0.717) is 41.8 Å². The minimum Gasteiger partial charge on any atom is -0.494 e. The minimum atomic E-state index is -0.404. The predicted molar refractivity (Wildman–Crippen MR) is 168 cm³/mol. The van der Waals surface area contributed by atoms with Gasteiger partial charge >= 0.3 is 11.9 Å². The number of hydrogen-bond donors (Lipinski definition) is 2. The molecule has 0 atom stereocenters. The van der Waals surface area contributed by atoms with Gasteiger partial charge in [0, 0.05) is 17.5 Å². The molecule has 1 aliphatic rings. The number of rotatable bonds is 14. The van der Waals surface area contributed by atoms with Crippen LogP contribution in [0.5, 0.6) is 11.5 Å². The number of carbonyl (C=O) groups is 2. The highest BCUT2D eigenvalue weighted by molar-refractivity contribution is 5.91. The molecule has 0 aromatic heterocycles. The number of esters is 2. The molecule has 7 heteroatoms. The smallest absolute Gasteiger partial charge is 0.338 e. The molecule has 0 bridgehead atoms. The fraction of sp³-hybridized carbons (Fsp3) is 0.371. The lowest BCUT2D eigenvalue weighted by Gasteiger charge is -2.21. The summed E-state index contributed by atoms with van der Waals surface area (Å²) in [5.41, 5.74) is 14.9. The molecule has 222 valence electrons. The maximum atomic E-state index is 12.3. The summed E-state index contributed by atoms with van der Waals surface area (Å²) >= 11 is 0. The van der Waals surface area contributed by atoms with E-state index in [2.05, 4.69) is 12.1 Å². The molecule has 4 rings (SSSR count). The molecule has 42 heavy (non-hydrogen) atoms. The first-order valence-electron chi connectivity index (χ1n) is 15.0. The average Bonchev–Trinajstić information content (AvgIpc) is 3.00. The Kier molecular flexibility index (Phi) is 11.9. The molecule has 7 nitrogen and oxygen atoms in total. The van der Waals surface area contributed by atoms with Gasteiger partial charge in [-0.1, -0.05) is 62.8 Å². The zero-order valence-electron chi connectivity index (χ0n) is 24.3. The van der Waals surface area contributed by atoms with E-state index in [1.54, 1.807) is 24.3 Å². The minimum absolute atomic E-state index is 0.371. The summed E-state index contributed by atoms with van der Waals surface area (Å²) in [6.45, 7) is 1.00. The number of unbranched alkanes of at least 4 members (excludes halogenated alkanes) is 4. The summed E-state index contributed by atoms with van der Waals surface area (Å²) in [4.78, 5) is 24.4. The molecule has 0 radical (unpaired) electrons. The molecule has 4 N–H and O–H groups in total. The van der Waals surface area contributed by atoms with Gasteiger partial charge in [0.25, 0.3) is 0 Å². The average molecular weight is 571 g/mol. The number of anilines is 2. The van der Waals surface area contributed by atoms with E-state index >= 15 is 0 Å². The normalized spacial score (nSPS) is 13.6. The molecule has 0 heterocycles. The second-order valence-electron chi connectivity index (χ2n) is 10.9. The predicted octanol–water partition coefficient (Wildman–Crippen LogP) is 7.70. The van der Waals surface area contributed by atoms with Crippen molar-refractivity contribution in [1.82, 2.24) is 0 Å². The Morgan fingerprint density at radius 3 is 2.05 bits per heavy atom. The maximum Gasteiger partial charge on any atom is 0.338 e. The number of carbonyl (C=O) groups excluding carboxylic acids is 2. The lowest BCUT2D eigenvalue weighted by Crippen LogP contribution is -2.08. The third kappa shape index (κ3) is 10.3. The van der Waals surface area contributed by atoms with Crippen LogP contribution in [0.4, 0.5) is 11.4 Å². The Hall–Kier alpha value is -4.26. The highest BCUT2D eigenvalue weighted by Crippen LogP contribution is 2.33. The van der Waals surface area contributed by atoms with Crippen LogP contribution in [0.15, 0.2) is 72.8 Å². The van der Waals surface area contributed by atoms with Gasteiger partial charge in [0.15, 0.2) is 0 Å². The van der Waals surface area contributed by atoms with E-state index in [9.17, 15) is 9.59 Å². The number of hydrogen-bond acceptors (Lipinski definition) is 7. The molecule has 0 spiro atoms. The third-order valence-electron chi connectivity index (χ3n) is 7.47. The second-order valence-corrected chi connectivity index (χ2v) is 10.9. The van der Waals surface area contributed by atoms with Gasteiger partial charge < -0.3 is 25.7 Å². The molecule has 0 unspecified atom stereocenters. The molecule has 3 aromatic rings. The lowest BCUT2D eigenvalue weighted by atomic mass is 9.84. The molecule has 1 aliphatic carbocycles. The SMILES string of the molecule is Nc1cc(N)cc(C(=O)OCCCCCCCOc2ccc(/C=C/C(=O)Oc3ccc(C4CCCCC4)cc3)cc2)c1. The molecule has 0 amide bonds. The zero-order valence-corrected chi connectivity index (χ0v) is 24.3. The van der Waals surface area contributed by atoms with Crippen molar-refractivity contribution < 1.29 is 23.8 Å². The van der Waals surface area contributed by atoms with Crippen LogP contribution in [0.3, 0.4) is 0 Å². The quantitative estimate of drug-likeness (QED) is 0.0671. The molecular formula is C35H42N2O5. The van der Waals surface area contributed by atoms with Gasteiger partial charge in [-0.05, 0) is 91.3 Å². The van der Waals surface area contributed by atoms with Crippen molar-refractivity contribution in [3.05, 3.63) is 89.5 Å². The largest absolute Gasteiger partial charge is 0.494 e. The van der Waals surface area contributed by atoms with Gasteiger partial charge in [0.2, 0.25) is 0 Å². The first-order valence-corrected chi connectivity index (χ1v) is 15.0. The van der Waals surface area contributed by atoms with Crippen LogP contribution in [0.1, 0.15) is 91.6 Å². The van der Waals surface area contributed by atoms with E-state index in [0.717, 1.165) is 43.4 Å². The summed E-state index contributed by atoms with van der Waals surface area (Å²) in [6.07, 6.45) is 14.4. The highest BCUT2D eigenvalue weighted by atomic mass is 16.5. The fourth-order valence-corrected chi connectivity index (χ4v) is 5.20. The highest BCUT2D eigenvalue weighted by Gasteiger charge is 2.15. The van der Waals surface area contributed by atoms with E-state index in [1.807, 2.05) is 36.4 Å². The Labute approximate surface area is 248 Å². The third-order valence-corrected chi connectivity index (χ3v) is 7.47.